The molecule has 0 saturated heterocycles. The number of hydrogen-bond acceptors (Lipinski definition) is 5. The van der Waals surface area contributed by atoms with Crippen LogP contribution in [0.5, 0.6) is 5.75 Å². The lowest BCUT2D eigenvalue weighted by Crippen LogP contribution is -2.10. The molecule has 0 saturated carbocycles. The molecular weight excluding hydrogens is 308 g/mol. The van der Waals surface area contributed by atoms with Crippen LogP contribution in [0.2, 0.25) is 0 Å². The second-order valence-corrected chi connectivity index (χ2v) is 5.56. The number of benzene rings is 2. The van der Waals surface area contributed by atoms with Crippen molar-refractivity contribution >= 4 is 22.2 Å². The van der Waals surface area contributed by atoms with Gasteiger partial charge in [-0.05, 0) is 41.5 Å². The predicted octanol–water partition coefficient (Wildman–Crippen LogP) is 1.62. The zero-order valence-electron chi connectivity index (χ0n) is 12.5. The van der Waals surface area contributed by atoms with E-state index in [0.29, 0.717) is 33.4 Å². The van der Waals surface area contributed by atoms with Crippen molar-refractivity contribution in [3.63, 3.8) is 0 Å². The number of nitrogens with two attached hydrogens (primary N) is 1. The summed E-state index contributed by atoms with van der Waals surface area (Å²) in [5.41, 5.74) is 8.80. The third-order valence-electron chi connectivity index (χ3n) is 4.07. The Morgan fingerprint density at radius 3 is 2.79 bits per heavy atom. The highest BCUT2D eigenvalue weighted by molar-refractivity contribution is 5.92. The first-order valence-electron chi connectivity index (χ1n) is 7.31. The molecule has 4 rings (SSSR count). The van der Waals surface area contributed by atoms with Crippen molar-refractivity contribution in [2.45, 2.75) is 6.61 Å². The molecule has 0 radical (unpaired) electrons. The highest BCUT2D eigenvalue weighted by Gasteiger charge is 2.14. The maximum Gasteiger partial charge on any atom is 0.348 e. The van der Waals surface area contributed by atoms with E-state index in [9.17, 15) is 15.0 Å². The number of rotatable bonds is 2. The number of hydrogen-bond donors (Lipinski definition) is 4. The van der Waals surface area contributed by atoms with E-state index in [1.54, 1.807) is 30.3 Å². The predicted molar refractivity (Wildman–Crippen MR) is 90.8 cm³/mol. The van der Waals surface area contributed by atoms with Crippen molar-refractivity contribution in [3.05, 3.63) is 58.5 Å². The maximum atomic E-state index is 12.1. The van der Waals surface area contributed by atoms with Crippen molar-refractivity contribution < 1.29 is 10.2 Å². The average Bonchev–Trinajstić information content (AvgIpc) is 2.94. The Morgan fingerprint density at radius 2 is 2.04 bits per heavy atom. The molecule has 0 amide bonds. The number of nitrogen functional groups attached to an aromatic ring is 1. The van der Waals surface area contributed by atoms with Gasteiger partial charge in [0, 0.05) is 16.6 Å². The molecule has 0 aliphatic carbocycles. The molecule has 0 spiro atoms. The highest BCUT2D eigenvalue weighted by atomic mass is 16.3. The Kier molecular flexibility index (Phi) is 3.04. The number of H-pyrrole nitrogens is 1. The summed E-state index contributed by atoms with van der Waals surface area (Å²) in [5.74, 6) is 0.0405. The van der Waals surface area contributed by atoms with Crippen molar-refractivity contribution in [2.75, 3.05) is 5.73 Å². The summed E-state index contributed by atoms with van der Waals surface area (Å²) < 4.78 is 1.41. The zero-order valence-corrected chi connectivity index (χ0v) is 12.5. The minimum atomic E-state index is -0.385. The Balaban J connectivity index is 2.15. The molecule has 7 heteroatoms. The number of aromatic nitrogens is 3. The van der Waals surface area contributed by atoms with Crippen LogP contribution in [-0.2, 0) is 6.61 Å². The number of nitrogens with one attached hydrogen (secondary N) is 1. The smallest absolute Gasteiger partial charge is 0.348 e. The third kappa shape index (κ3) is 2.03. The lowest BCUT2D eigenvalue weighted by atomic mass is 10.00. The molecular formula is C17H14N4O3. The zero-order chi connectivity index (χ0) is 16.8. The Morgan fingerprint density at radius 1 is 1.21 bits per heavy atom. The number of aliphatic hydroxyl groups is 1. The van der Waals surface area contributed by atoms with Gasteiger partial charge in [-0.2, -0.15) is 5.10 Å². The number of phenolic OH excluding ortho intramolecular Hbond substituents is 1. The van der Waals surface area contributed by atoms with Gasteiger partial charge in [0.1, 0.15) is 5.75 Å². The van der Waals surface area contributed by atoms with Crippen molar-refractivity contribution in [2.24, 2.45) is 0 Å². The molecule has 0 fully saturated rings. The van der Waals surface area contributed by atoms with E-state index in [1.807, 2.05) is 6.07 Å². The van der Waals surface area contributed by atoms with Crippen LogP contribution in [0.1, 0.15) is 5.56 Å². The number of fused-ring (bicyclic) bond motifs is 3. The number of anilines is 1. The summed E-state index contributed by atoms with van der Waals surface area (Å²) >= 11 is 0. The number of aromatic hydroxyl groups is 1. The molecule has 0 bridgehead atoms. The van der Waals surface area contributed by atoms with E-state index in [4.69, 9.17) is 5.73 Å². The summed E-state index contributed by atoms with van der Waals surface area (Å²) in [6.45, 7) is -0.231. The lowest BCUT2D eigenvalue weighted by Gasteiger charge is -2.11. The summed E-state index contributed by atoms with van der Waals surface area (Å²) in [6.07, 6.45) is 0. The van der Waals surface area contributed by atoms with Crippen LogP contribution in [0.15, 0.2) is 47.3 Å². The summed E-state index contributed by atoms with van der Waals surface area (Å²) in [6, 6.07) is 12.0. The molecule has 0 aliphatic rings. The lowest BCUT2D eigenvalue weighted by molar-refractivity contribution is 0.283. The first kappa shape index (κ1) is 14.3. The largest absolute Gasteiger partial charge is 0.507 e. The molecule has 2 heterocycles. The van der Waals surface area contributed by atoms with Crippen LogP contribution in [0.4, 0.5) is 5.69 Å². The number of aromatic amines is 1. The van der Waals surface area contributed by atoms with Crippen LogP contribution in [-0.4, -0.2) is 24.8 Å². The summed E-state index contributed by atoms with van der Waals surface area (Å²) in [7, 11) is 0. The Hall–Kier alpha value is -3.32. The molecule has 5 N–H and O–H groups in total. The minimum Gasteiger partial charge on any atom is -0.507 e. The molecule has 0 aliphatic heterocycles. The van der Waals surface area contributed by atoms with Crippen LogP contribution < -0.4 is 11.4 Å². The topological polar surface area (TPSA) is 117 Å². The fraction of sp³-hybridized carbons (Fsp3) is 0.0588. The van der Waals surface area contributed by atoms with E-state index >= 15 is 0 Å². The first-order valence-corrected chi connectivity index (χ1v) is 7.31. The van der Waals surface area contributed by atoms with Gasteiger partial charge in [-0.1, -0.05) is 12.1 Å². The normalized spacial score (nSPS) is 11.4. The molecule has 4 aromatic rings. The van der Waals surface area contributed by atoms with Gasteiger partial charge >= 0.3 is 5.69 Å². The maximum absolute atomic E-state index is 12.1. The SMILES string of the molecule is Nc1cccc(-c2cc3c(cc2O)c(CO)cc2n[nH]c(=O)n23)c1. The van der Waals surface area contributed by atoms with Crippen LogP contribution >= 0.6 is 0 Å². The molecule has 24 heavy (non-hydrogen) atoms. The molecule has 7 nitrogen and oxygen atoms in total. The average molecular weight is 322 g/mol. The van der Waals surface area contributed by atoms with Crippen LogP contribution in [0.25, 0.3) is 27.7 Å². The van der Waals surface area contributed by atoms with Gasteiger partial charge in [-0.25, -0.2) is 14.3 Å². The molecule has 2 aromatic carbocycles. The number of pyridine rings is 1. The Labute approximate surface area is 135 Å². The number of aliphatic hydroxyl groups excluding tert-OH is 1. The van der Waals surface area contributed by atoms with E-state index < -0.39 is 0 Å². The first-order chi connectivity index (χ1) is 11.6. The standard InChI is InChI=1S/C17H14N4O3/c18-11-3-1-2-9(4-11)13-6-14-12(7-15(13)23)10(8-22)5-16-19-20-17(24)21(14)16/h1-7,22-23H,8,18H2,(H,20,24). The van der Waals surface area contributed by atoms with E-state index in [-0.39, 0.29) is 18.0 Å². The van der Waals surface area contributed by atoms with Crippen molar-refractivity contribution in [3.8, 4) is 16.9 Å². The van der Waals surface area contributed by atoms with Gasteiger partial charge in [-0.15, -0.1) is 0 Å². The van der Waals surface area contributed by atoms with E-state index in [2.05, 4.69) is 10.2 Å². The number of nitrogens with zero attached hydrogens (tertiary/aromatic N) is 2. The fourth-order valence-corrected chi connectivity index (χ4v) is 2.96. The molecule has 2 aromatic heterocycles. The van der Waals surface area contributed by atoms with Gasteiger partial charge < -0.3 is 15.9 Å². The molecule has 120 valence electrons. The van der Waals surface area contributed by atoms with E-state index in [0.717, 1.165) is 5.56 Å². The van der Waals surface area contributed by atoms with Crippen molar-refractivity contribution in [1.29, 1.82) is 0 Å². The molecule has 0 atom stereocenters. The monoisotopic (exact) mass is 322 g/mol. The third-order valence-corrected chi connectivity index (χ3v) is 4.07. The van der Waals surface area contributed by atoms with Gasteiger partial charge in [0.05, 0.1) is 12.1 Å². The highest BCUT2D eigenvalue weighted by Crippen LogP contribution is 2.35. The van der Waals surface area contributed by atoms with Gasteiger partial charge in [0.15, 0.2) is 5.65 Å². The fourth-order valence-electron chi connectivity index (χ4n) is 2.96. The minimum absolute atomic E-state index is 0.0405. The second kappa shape index (κ2) is 5.10. The molecule has 0 unspecified atom stereocenters. The van der Waals surface area contributed by atoms with Crippen LogP contribution in [0.3, 0.4) is 0 Å². The summed E-state index contributed by atoms with van der Waals surface area (Å²) in [4.78, 5) is 12.1. The summed E-state index contributed by atoms with van der Waals surface area (Å²) in [5, 5.41) is 26.9. The second-order valence-electron chi connectivity index (χ2n) is 5.56. The van der Waals surface area contributed by atoms with Gasteiger partial charge in [0.2, 0.25) is 0 Å². The van der Waals surface area contributed by atoms with Gasteiger partial charge in [-0.3, -0.25) is 0 Å². The Bertz CT molecular complexity index is 1140. The quantitative estimate of drug-likeness (QED) is 0.418. The van der Waals surface area contributed by atoms with E-state index in [1.165, 1.54) is 10.5 Å². The van der Waals surface area contributed by atoms with Crippen LogP contribution in [0, 0.1) is 0 Å². The van der Waals surface area contributed by atoms with Crippen molar-refractivity contribution in [1.82, 2.24) is 14.6 Å². The number of phenols is 1. The van der Waals surface area contributed by atoms with Gasteiger partial charge in [0.25, 0.3) is 0 Å².